The van der Waals surface area contributed by atoms with E-state index >= 15 is 0 Å². The molecule has 0 saturated carbocycles. The van der Waals surface area contributed by atoms with E-state index in [0.717, 1.165) is 18.4 Å². The molecule has 0 radical (unpaired) electrons. The van der Waals surface area contributed by atoms with Gasteiger partial charge in [-0.3, -0.25) is 9.78 Å². The molecule has 0 atom stereocenters. The third kappa shape index (κ3) is 4.13. The number of pyridine rings is 1. The summed E-state index contributed by atoms with van der Waals surface area (Å²) in [5.74, 6) is -0.193. The smallest absolute Gasteiger partial charge is 0.253 e. The number of halogens is 1. The van der Waals surface area contributed by atoms with Crippen molar-refractivity contribution in [3.8, 4) is 0 Å². The molecule has 1 aliphatic rings. The van der Waals surface area contributed by atoms with Gasteiger partial charge in [-0.1, -0.05) is 12.1 Å². The van der Waals surface area contributed by atoms with Crippen LogP contribution in [0.1, 0.15) is 28.8 Å². The lowest BCUT2D eigenvalue weighted by molar-refractivity contribution is -0.000395. The van der Waals surface area contributed by atoms with E-state index in [1.54, 1.807) is 36.7 Å². The lowest BCUT2D eigenvalue weighted by Crippen LogP contribution is -2.40. The van der Waals surface area contributed by atoms with Crippen LogP contribution in [0.25, 0.3) is 0 Å². The van der Waals surface area contributed by atoms with E-state index < -0.39 is 0 Å². The summed E-state index contributed by atoms with van der Waals surface area (Å²) in [6.07, 6.45) is 5.04. The van der Waals surface area contributed by atoms with E-state index in [4.69, 9.17) is 4.74 Å². The Morgan fingerprint density at radius 3 is 2.43 bits per heavy atom. The predicted octanol–water partition coefficient (Wildman–Crippen LogP) is 3.04. The second-order valence-electron chi connectivity index (χ2n) is 5.66. The minimum atomic E-state index is -0.239. The van der Waals surface area contributed by atoms with Gasteiger partial charge in [-0.25, -0.2) is 4.39 Å². The van der Waals surface area contributed by atoms with Gasteiger partial charge in [0, 0.05) is 31.0 Å². The minimum Gasteiger partial charge on any atom is -0.373 e. The molecule has 5 heteroatoms. The van der Waals surface area contributed by atoms with Crippen molar-refractivity contribution < 1.29 is 13.9 Å². The fourth-order valence-corrected chi connectivity index (χ4v) is 2.70. The van der Waals surface area contributed by atoms with E-state index in [0.29, 0.717) is 25.3 Å². The molecule has 120 valence electrons. The SMILES string of the molecule is O=C(c1ccncc1)N1CCC(OCc2ccc(F)cc2)CC1. The lowest BCUT2D eigenvalue weighted by atomic mass is 10.1. The number of piperidine rings is 1. The molecule has 2 heterocycles. The largest absolute Gasteiger partial charge is 0.373 e. The van der Waals surface area contributed by atoms with Gasteiger partial charge >= 0.3 is 0 Å². The number of aromatic nitrogens is 1. The van der Waals surface area contributed by atoms with Gasteiger partial charge in [-0.2, -0.15) is 0 Å². The van der Waals surface area contributed by atoms with E-state index in [9.17, 15) is 9.18 Å². The molecule has 1 aromatic heterocycles. The van der Waals surface area contributed by atoms with Crippen LogP contribution in [0.4, 0.5) is 4.39 Å². The molecule has 2 aromatic rings. The number of nitrogens with zero attached hydrogens (tertiary/aromatic N) is 2. The minimum absolute atomic E-state index is 0.0457. The van der Waals surface area contributed by atoms with Crippen LogP contribution in [0.15, 0.2) is 48.8 Å². The van der Waals surface area contributed by atoms with E-state index in [1.807, 2.05) is 4.90 Å². The molecular weight excluding hydrogens is 295 g/mol. The topological polar surface area (TPSA) is 42.4 Å². The first-order chi connectivity index (χ1) is 11.2. The Kier molecular flexibility index (Phi) is 4.98. The number of rotatable bonds is 4. The molecule has 0 aliphatic carbocycles. The number of likely N-dealkylation sites (tertiary alicyclic amines) is 1. The maximum Gasteiger partial charge on any atom is 0.253 e. The van der Waals surface area contributed by atoms with Crippen LogP contribution in [-0.2, 0) is 11.3 Å². The molecule has 1 saturated heterocycles. The predicted molar refractivity (Wildman–Crippen MR) is 84.4 cm³/mol. The average Bonchev–Trinajstić information content (AvgIpc) is 2.62. The molecule has 0 unspecified atom stereocenters. The van der Waals surface area contributed by atoms with Crippen molar-refractivity contribution in [3.63, 3.8) is 0 Å². The maximum atomic E-state index is 12.9. The zero-order chi connectivity index (χ0) is 16.1. The molecule has 1 aliphatic heterocycles. The fraction of sp³-hybridized carbons (Fsp3) is 0.333. The van der Waals surface area contributed by atoms with E-state index in [-0.39, 0.29) is 17.8 Å². The number of hydrogen-bond acceptors (Lipinski definition) is 3. The highest BCUT2D eigenvalue weighted by atomic mass is 19.1. The lowest BCUT2D eigenvalue weighted by Gasteiger charge is -2.32. The van der Waals surface area contributed by atoms with Crippen molar-refractivity contribution >= 4 is 5.91 Å². The van der Waals surface area contributed by atoms with Gasteiger partial charge in [0.15, 0.2) is 0 Å². The molecular formula is C18H19FN2O2. The molecule has 23 heavy (non-hydrogen) atoms. The number of ether oxygens (including phenoxy) is 1. The highest BCUT2D eigenvalue weighted by Crippen LogP contribution is 2.17. The first-order valence-corrected chi connectivity index (χ1v) is 7.78. The van der Waals surface area contributed by atoms with Crippen LogP contribution in [0.3, 0.4) is 0 Å². The summed E-state index contributed by atoms with van der Waals surface area (Å²) in [4.78, 5) is 18.1. The molecule has 1 aromatic carbocycles. The summed E-state index contributed by atoms with van der Waals surface area (Å²) in [5.41, 5.74) is 1.63. The van der Waals surface area contributed by atoms with Crippen LogP contribution in [-0.4, -0.2) is 35.0 Å². The third-order valence-corrected chi connectivity index (χ3v) is 4.06. The third-order valence-electron chi connectivity index (χ3n) is 4.06. The summed E-state index contributed by atoms with van der Waals surface area (Å²) in [7, 11) is 0. The van der Waals surface area contributed by atoms with Gasteiger partial charge in [0.05, 0.1) is 12.7 Å². The van der Waals surface area contributed by atoms with E-state index in [1.165, 1.54) is 12.1 Å². The second kappa shape index (κ2) is 7.33. The average molecular weight is 314 g/mol. The van der Waals surface area contributed by atoms with Crippen molar-refractivity contribution in [1.82, 2.24) is 9.88 Å². The molecule has 1 amide bonds. The quantitative estimate of drug-likeness (QED) is 0.871. The monoisotopic (exact) mass is 314 g/mol. The first kappa shape index (κ1) is 15.6. The Morgan fingerprint density at radius 2 is 1.78 bits per heavy atom. The van der Waals surface area contributed by atoms with Crippen LogP contribution in [0.2, 0.25) is 0 Å². The number of benzene rings is 1. The zero-order valence-electron chi connectivity index (χ0n) is 12.8. The number of amides is 1. The standard InChI is InChI=1S/C18H19FN2O2/c19-16-3-1-14(2-4-16)13-23-17-7-11-21(12-8-17)18(22)15-5-9-20-10-6-15/h1-6,9-10,17H,7-8,11-13H2. The normalized spacial score (nSPS) is 15.6. The summed E-state index contributed by atoms with van der Waals surface area (Å²) in [6.45, 7) is 1.85. The maximum absolute atomic E-state index is 12.9. The first-order valence-electron chi connectivity index (χ1n) is 7.78. The van der Waals surface area contributed by atoms with Gasteiger partial charge in [-0.05, 0) is 42.7 Å². The van der Waals surface area contributed by atoms with Crippen molar-refractivity contribution in [2.24, 2.45) is 0 Å². The van der Waals surface area contributed by atoms with Crippen molar-refractivity contribution in [2.45, 2.75) is 25.6 Å². The van der Waals surface area contributed by atoms with Crippen molar-refractivity contribution in [1.29, 1.82) is 0 Å². The zero-order valence-corrected chi connectivity index (χ0v) is 12.8. The summed E-state index contributed by atoms with van der Waals surface area (Å²) >= 11 is 0. The van der Waals surface area contributed by atoms with Crippen LogP contribution >= 0.6 is 0 Å². The summed E-state index contributed by atoms with van der Waals surface area (Å²) in [5, 5.41) is 0. The Hall–Kier alpha value is -2.27. The number of carbonyl (C=O) groups is 1. The van der Waals surface area contributed by atoms with Gasteiger partial charge in [0.2, 0.25) is 0 Å². The second-order valence-corrected chi connectivity index (χ2v) is 5.66. The fourth-order valence-electron chi connectivity index (χ4n) is 2.70. The van der Waals surface area contributed by atoms with Crippen molar-refractivity contribution in [3.05, 3.63) is 65.7 Å². The Bertz CT molecular complexity index is 638. The summed E-state index contributed by atoms with van der Waals surface area (Å²) < 4.78 is 18.7. The van der Waals surface area contributed by atoms with Gasteiger partial charge in [0.1, 0.15) is 5.82 Å². The molecule has 4 nitrogen and oxygen atoms in total. The molecule has 3 rings (SSSR count). The molecule has 1 fully saturated rings. The Balaban J connectivity index is 1.47. The van der Waals surface area contributed by atoms with Gasteiger partial charge in [0.25, 0.3) is 5.91 Å². The van der Waals surface area contributed by atoms with Crippen LogP contribution in [0, 0.1) is 5.82 Å². The summed E-state index contributed by atoms with van der Waals surface area (Å²) in [6, 6.07) is 9.82. The highest BCUT2D eigenvalue weighted by molar-refractivity contribution is 5.94. The number of hydrogen-bond donors (Lipinski definition) is 0. The molecule has 0 bridgehead atoms. The van der Waals surface area contributed by atoms with Gasteiger partial charge < -0.3 is 9.64 Å². The molecule has 0 spiro atoms. The Labute approximate surface area is 134 Å². The van der Waals surface area contributed by atoms with E-state index in [2.05, 4.69) is 4.98 Å². The van der Waals surface area contributed by atoms with Gasteiger partial charge in [-0.15, -0.1) is 0 Å². The van der Waals surface area contributed by atoms with Crippen molar-refractivity contribution in [2.75, 3.05) is 13.1 Å². The number of carbonyl (C=O) groups excluding carboxylic acids is 1. The molecule has 0 N–H and O–H groups in total. The highest BCUT2D eigenvalue weighted by Gasteiger charge is 2.23. The Morgan fingerprint density at radius 1 is 1.13 bits per heavy atom. The van der Waals surface area contributed by atoms with Crippen LogP contribution < -0.4 is 0 Å². The van der Waals surface area contributed by atoms with Crippen LogP contribution in [0.5, 0.6) is 0 Å².